The van der Waals surface area contributed by atoms with Crippen molar-refractivity contribution in [2.24, 2.45) is 0 Å². The standard InChI is InChI=1S/C25H32N4O/c1-16-13-17(2)24(18(3)14-16)26-25(30)21(6)28(7)15-23-19(4)27-29(20(23)5)22-11-9-8-10-12-22/h8-14,21H,15H2,1-7H3,(H,26,30). The minimum absolute atomic E-state index is 0.00156. The molecule has 3 aromatic rings. The number of rotatable bonds is 6. The Morgan fingerprint density at radius 1 is 1.07 bits per heavy atom. The van der Waals surface area contributed by atoms with Crippen molar-refractivity contribution in [2.45, 2.75) is 54.1 Å². The van der Waals surface area contributed by atoms with Crippen LogP contribution < -0.4 is 5.32 Å². The van der Waals surface area contributed by atoms with E-state index < -0.39 is 0 Å². The second-order valence-corrected chi connectivity index (χ2v) is 8.25. The fourth-order valence-electron chi connectivity index (χ4n) is 3.92. The summed E-state index contributed by atoms with van der Waals surface area (Å²) < 4.78 is 1.97. The zero-order chi connectivity index (χ0) is 22.0. The predicted molar refractivity (Wildman–Crippen MR) is 123 cm³/mol. The van der Waals surface area contributed by atoms with E-state index in [0.717, 1.165) is 39.5 Å². The molecule has 1 unspecified atom stereocenters. The molecule has 0 fully saturated rings. The lowest BCUT2D eigenvalue weighted by Crippen LogP contribution is -2.39. The van der Waals surface area contributed by atoms with E-state index in [0.29, 0.717) is 6.54 Å². The number of aromatic nitrogens is 2. The van der Waals surface area contributed by atoms with Crippen LogP contribution in [-0.2, 0) is 11.3 Å². The average Bonchev–Trinajstić information content (AvgIpc) is 2.98. The van der Waals surface area contributed by atoms with Gasteiger partial charge in [0.1, 0.15) is 0 Å². The van der Waals surface area contributed by atoms with Gasteiger partial charge in [-0.15, -0.1) is 0 Å². The van der Waals surface area contributed by atoms with Crippen LogP contribution >= 0.6 is 0 Å². The van der Waals surface area contributed by atoms with Gasteiger partial charge in [0.05, 0.1) is 17.4 Å². The number of hydrogen-bond acceptors (Lipinski definition) is 3. The molecule has 0 bridgehead atoms. The molecule has 0 aliphatic heterocycles. The Morgan fingerprint density at radius 2 is 1.67 bits per heavy atom. The van der Waals surface area contributed by atoms with E-state index in [9.17, 15) is 4.79 Å². The van der Waals surface area contributed by atoms with Crippen molar-refractivity contribution in [3.63, 3.8) is 0 Å². The zero-order valence-electron chi connectivity index (χ0n) is 19.1. The van der Waals surface area contributed by atoms with Crippen molar-refractivity contribution < 1.29 is 4.79 Å². The largest absolute Gasteiger partial charge is 0.324 e. The fraction of sp³-hybridized carbons (Fsp3) is 0.360. The number of nitrogens with one attached hydrogen (secondary N) is 1. The van der Waals surface area contributed by atoms with E-state index in [-0.39, 0.29) is 11.9 Å². The highest BCUT2D eigenvalue weighted by molar-refractivity contribution is 5.95. The lowest BCUT2D eigenvalue weighted by atomic mass is 10.0. The molecule has 0 aliphatic rings. The molecule has 5 nitrogen and oxygen atoms in total. The van der Waals surface area contributed by atoms with Gasteiger partial charge in [0, 0.05) is 23.5 Å². The lowest BCUT2D eigenvalue weighted by Gasteiger charge is -2.25. The first-order chi connectivity index (χ1) is 14.2. The number of hydrogen-bond donors (Lipinski definition) is 1. The Kier molecular flexibility index (Phi) is 6.42. The quantitative estimate of drug-likeness (QED) is 0.637. The molecule has 1 aromatic heterocycles. The summed E-state index contributed by atoms with van der Waals surface area (Å²) in [6, 6.07) is 14.1. The summed E-state index contributed by atoms with van der Waals surface area (Å²) in [5.74, 6) is -0.00156. The third kappa shape index (κ3) is 4.46. The Hall–Kier alpha value is -2.92. The number of amides is 1. The first-order valence-corrected chi connectivity index (χ1v) is 10.4. The summed E-state index contributed by atoms with van der Waals surface area (Å²) in [7, 11) is 1.98. The molecule has 1 amide bonds. The van der Waals surface area contributed by atoms with Crippen molar-refractivity contribution in [3.8, 4) is 5.69 Å². The average molecular weight is 405 g/mol. The van der Waals surface area contributed by atoms with Crippen molar-refractivity contribution in [1.29, 1.82) is 0 Å². The summed E-state index contributed by atoms with van der Waals surface area (Å²) in [6.07, 6.45) is 0. The Morgan fingerprint density at radius 3 is 2.27 bits per heavy atom. The second kappa shape index (κ2) is 8.84. The fourth-order valence-corrected chi connectivity index (χ4v) is 3.92. The van der Waals surface area contributed by atoms with Crippen LogP contribution in [0.3, 0.4) is 0 Å². The van der Waals surface area contributed by atoms with Crippen LogP contribution in [0.1, 0.15) is 40.6 Å². The summed E-state index contributed by atoms with van der Waals surface area (Å²) in [5.41, 5.74) is 8.58. The summed E-state index contributed by atoms with van der Waals surface area (Å²) in [4.78, 5) is 15.0. The molecule has 2 aromatic carbocycles. The maximum Gasteiger partial charge on any atom is 0.241 e. The van der Waals surface area contributed by atoms with E-state index in [1.807, 2.05) is 57.6 Å². The third-order valence-electron chi connectivity index (χ3n) is 5.82. The summed E-state index contributed by atoms with van der Waals surface area (Å²) >= 11 is 0. The number of benzene rings is 2. The number of carbonyl (C=O) groups is 1. The van der Waals surface area contributed by atoms with E-state index >= 15 is 0 Å². The number of aryl methyl sites for hydroxylation is 4. The van der Waals surface area contributed by atoms with Crippen molar-refractivity contribution in [1.82, 2.24) is 14.7 Å². The van der Waals surface area contributed by atoms with Gasteiger partial charge in [-0.2, -0.15) is 5.10 Å². The summed E-state index contributed by atoms with van der Waals surface area (Å²) in [6.45, 7) is 12.9. The Bertz CT molecular complexity index is 1030. The lowest BCUT2D eigenvalue weighted by molar-refractivity contribution is -0.120. The predicted octanol–water partition coefficient (Wildman–Crippen LogP) is 4.87. The Labute approximate surface area is 179 Å². The van der Waals surface area contributed by atoms with Crippen LogP contribution in [0.2, 0.25) is 0 Å². The van der Waals surface area contributed by atoms with Crippen LogP contribution in [0.4, 0.5) is 5.69 Å². The molecule has 158 valence electrons. The molecular formula is C25H32N4O. The van der Waals surface area contributed by atoms with Gasteiger partial charge in [0.25, 0.3) is 0 Å². The van der Waals surface area contributed by atoms with Crippen LogP contribution in [0.25, 0.3) is 5.69 Å². The highest BCUT2D eigenvalue weighted by Gasteiger charge is 2.22. The molecule has 3 rings (SSSR count). The first-order valence-electron chi connectivity index (χ1n) is 10.4. The van der Waals surface area contributed by atoms with E-state index in [1.54, 1.807) is 0 Å². The molecule has 0 spiro atoms. The minimum Gasteiger partial charge on any atom is -0.324 e. The van der Waals surface area contributed by atoms with Gasteiger partial charge in [0.15, 0.2) is 0 Å². The smallest absolute Gasteiger partial charge is 0.241 e. The van der Waals surface area contributed by atoms with Crippen LogP contribution in [0.5, 0.6) is 0 Å². The number of likely N-dealkylation sites (N-methyl/N-ethyl adjacent to an activating group) is 1. The number of anilines is 1. The zero-order valence-corrected chi connectivity index (χ0v) is 19.1. The molecule has 0 radical (unpaired) electrons. The monoisotopic (exact) mass is 404 g/mol. The molecular weight excluding hydrogens is 372 g/mol. The highest BCUT2D eigenvalue weighted by atomic mass is 16.2. The number of nitrogens with zero attached hydrogens (tertiary/aromatic N) is 3. The molecule has 1 atom stereocenters. The van der Waals surface area contributed by atoms with E-state index in [4.69, 9.17) is 5.10 Å². The van der Waals surface area contributed by atoms with E-state index in [1.165, 1.54) is 5.56 Å². The van der Waals surface area contributed by atoms with Gasteiger partial charge in [-0.25, -0.2) is 4.68 Å². The van der Waals surface area contributed by atoms with Crippen molar-refractivity contribution >= 4 is 11.6 Å². The first kappa shape index (κ1) is 21.8. The van der Waals surface area contributed by atoms with Gasteiger partial charge in [-0.3, -0.25) is 9.69 Å². The number of carbonyl (C=O) groups excluding carboxylic acids is 1. The van der Waals surface area contributed by atoms with Gasteiger partial charge in [-0.1, -0.05) is 35.9 Å². The highest BCUT2D eigenvalue weighted by Crippen LogP contribution is 2.23. The second-order valence-electron chi connectivity index (χ2n) is 8.25. The van der Waals surface area contributed by atoms with E-state index in [2.05, 4.69) is 48.3 Å². The van der Waals surface area contributed by atoms with Crippen LogP contribution in [0.15, 0.2) is 42.5 Å². The molecule has 0 saturated heterocycles. The molecule has 1 N–H and O–H groups in total. The summed E-state index contributed by atoms with van der Waals surface area (Å²) in [5, 5.41) is 7.86. The normalized spacial score (nSPS) is 12.3. The number of para-hydroxylation sites is 1. The molecule has 0 saturated carbocycles. The topological polar surface area (TPSA) is 50.2 Å². The molecule has 1 heterocycles. The van der Waals surface area contributed by atoms with Crippen molar-refractivity contribution in [2.75, 3.05) is 12.4 Å². The SMILES string of the molecule is Cc1cc(C)c(NC(=O)C(C)N(C)Cc2c(C)nn(-c3ccccc3)c2C)c(C)c1. The Balaban J connectivity index is 1.75. The van der Waals surface area contributed by atoms with Crippen molar-refractivity contribution in [3.05, 3.63) is 76.1 Å². The minimum atomic E-state index is -0.274. The van der Waals surface area contributed by atoms with Gasteiger partial charge in [0.2, 0.25) is 5.91 Å². The van der Waals surface area contributed by atoms with Crippen LogP contribution in [-0.4, -0.2) is 33.7 Å². The third-order valence-corrected chi connectivity index (χ3v) is 5.82. The molecule has 5 heteroatoms. The van der Waals surface area contributed by atoms with Gasteiger partial charge in [-0.05, 0) is 71.8 Å². The van der Waals surface area contributed by atoms with Gasteiger partial charge >= 0.3 is 0 Å². The maximum atomic E-state index is 13.0. The molecule has 30 heavy (non-hydrogen) atoms. The van der Waals surface area contributed by atoms with Gasteiger partial charge < -0.3 is 5.32 Å². The van der Waals surface area contributed by atoms with Crippen LogP contribution in [0, 0.1) is 34.6 Å². The molecule has 0 aliphatic carbocycles. The maximum absolute atomic E-state index is 13.0.